The summed E-state index contributed by atoms with van der Waals surface area (Å²) in [4.78, 5) is 115. The summed E-state index contributed by atoms with van der Waals surface area (Å²) in [6, 6.07) is 22.5. The second-order valence-corrected chi connectivity index (χ2v) is 26.9. The molecule has 0 radical (unpaired) electrons. The predicted molar refractivity (Wildman–Crippen MR) is 338 cm³/mol. The summed E-state index contributed by atoms with van der Waals surface area (Å²) in [6.45, 7) is 7.15. The van der Waals surface area contributed by atoms with Crippen molar-refractivity contribution in [2.24, 2.45) is 16.2 Å². The maximum Gasteiger partial charge on any atom is 0.407 e. The number of para-hydroxylation sites is 2. The highest BCUT2D eigenvalue weighted by molar-refractivity contribution is 7.22. The molecule has 28 heteroatoms. The first kappa shape index (κ1) is 64.6. The van der Waals surface area contributed by atoms with Crippen molar-refractivity contribution in [3.8, 4) is 28.3 Å². The van der Waals surface area contributed by atoms with Gasteiger partial charge in [0.2, 0.25) is 18.1 Å². The number of hydrogen-bond acceptors (Lipinski definition) is 19. The minimum absolute atomic E-state index is 0.0138. The van der Waals surface area contributed by atoms with Crippen LogP contribution in [-0.4, -0.2) is 165 Å². The van der Waals surface area contributed by atoms with Crippen LogP contribution in [0.3, 0.4) is 0 Å². The zero-order chi connectivity index (χ0) is 66.4. The van der Waals surface area contributed by atoms with Crippen LogP contribution in [0.25, 0.3) is 43.6 Å². The van der Waals surface area contributed by atoms with Crippen molar-refractivity contribution in [1.29, 1.82) is 0 Å². The molecular formula is C66H70N10O17S. The van der Waals surface area contributed by atoms with Crippen LogP contribution in [0.15, 0.2) is 97.2 Å². The Morgan fingerprint density at radius 2 is 1.55 bits per heavy atom. The van der Waals surface area contributed by atoms with Gasteiger partial charge in [-0.25, -0.2) is 24.4 Å². The monoisotopic (exact) mass is 1310 g/mol. The van der Waals surface area contributed by atoms with Crippen LogP contribution in [-0.2, 0) is 51.3 Å². The number of amides is 6. The van der Waals surface area contributed by atoms with Gasteiger partial charge in [-0.05, 0) is 122 Å². The number of carbonyl (C=O) groups excluding carboxylic acids is 6. The third-order valence-electron chi connectivity index (χ3n) is 18.2. The molecule has 2 aliphatic heterocycles. The molecule has 4 aliphatic carbocycles. The second kappa shape index (κ2) is 25.8. The van der Waals surface area contributed by atoms with E-state index >= 15 is 0 Å². The number of ether oxygens (including phenoxy) is 4. The quantitative estimate of drug-likeness (QED) is 0.0230. The van der Waals surface area contributed by atoms with Gasteiger partial charge in [0, 0.05) is 80.0 Å². The van der Waals surface area contributed by atoms with Crippen molar-refractivity contribution >= 4 is 90.8 Å². The van der Waals surface area contributed by atoms with Gasteiger partial charge in [-0.3, -0.25) is 38.9 Å². The number of benzene rings is 3. The molecule has 0 spiro atoms. The van der Waals surface area contributed by atoms with E-state index in [2.05, 4.69) is 50.1 Å². The first-order valence-corrected chi connectivity index (χ1v) is 31.6. The molecule has 6 amide bonds. The van der Waals surface area contributed by atoms with Gasteiger partial charge in [0.25, 0.3) is 17.7 Å². The zero-order valence-electron chi connectivity index (χ0n) is 51.5. The van der Waals surface area contributed by atoms with Gasteiger partial charge >= 0.3 is 18.0 Å². The number of aliphatic hydroxyl groups excluding tert-OH is 3. The molecule has 4 bridgehead atoms. The Labute approximate surface area is 540 Å². The Balaban J connectivity index is 0.658. The van der Waals surface area contributed by atoms with E-state index in [1.807, 2.05) is 48.0 Å². The number of aliphatic carboxylic acids is 1. The molecule has 6 heterocycles. The number of pyridine rings is 1. The average molecular weight is 1310 g/mol. The van der Waals surface area contributed by atoms with Gasteiger partial charge < -0.3 is 65.4 Å². The Kier molecular flexibility index (Phi) is 17.7. The van der Waals surface area contributed by atoms with Crippen LogP contribution in [0.4, 0.5) is 15.6 Å². The normalized spacial score (nSPS) is 25.2. The number of hydrogen-bond donors (Lipinski definition) is 10. The fourth-order valence-corrected chi connectivity index (χ4v) is 16.1. The standard InChI is InChI=1S/C66H70N10O17S/c1-35-40(38-13-14-41(71-52(38)58(85)86)43-25-37-8-6-9-39(51(37)72-43)57(84)74-61-73-42-10-4-5-11-46(42)94-61)26-69-76(35)34-65-29-63(2)28-64(3,30-65)32-66(31-63,33-65)91-23-7-20-68-62(89)90-27-36-12-15-45(92-60-55(83)53(81)54(82)56(93-60)59(87)88)44(24-36)70-48(78)18-21-67-47(77)19-22-75-49(79)16-17-50(75)80/h4-6,8-17,24-26,53-56,60,72,81-83H,7,18-23,27-34H2,1-3H3,(H,67,77)(H,68,89)(H,70,78)(H,85,86)(H,87,88)(H,73,74,84)/t53-,54-,55+,56-,60+,63?,64?,65?,66?/m0/s1. The van der Waals surface area contributed by atoms with E-state index in [1.165, 1.54) is 29.5 Å². The van der Waals surface area contributed by atoms with Crippen LogP contribution >= 0.6 is 11.3 Å². The number of anilines is 2. The Morgan fingerprint density at radius 1 is 0.787 bits per heavy atom. The van der Waals surface area contributed by atoms with Crippen LogP contribution in [0.1, 0.15) is 104 Å². The third-order valence-corrected chi connectivity index (χ3v) is 19.2. The number of imide groups is 1. The molecule has 4 aromatic heterocycles. The van der Waals surface area contributed by atoms with Gasteiger partial charge in [-0.2, -0.15) is 5.10 Å². The van der Waals surface area contributed by atoms with Crippen molar-refractivity contribution in [2.45, 2.75) is 128 Å². The molecule has 3 aromatic carbocycles. The molecule has 94 heavy (non-hydrogen) atoms. The van der Waals surface area contributed by atoms with E-state index in [0.29, 0.717) is 63.9 Å². The lowest BCUT2D eigenvalue weighted by Gasteiger charge is -2.69. The van der Waals surface area contributed by atoms with Crippen molar-refractivity contribution in [2.75, 3.05) is 36.9 Å². The molecule has 7 aromatic rings. The fraction of sp³-hybridized carbons (Fsp3) is 0.409. The molecule has 6 aliphatic rings. The van der Waals surface area contributed by atoms with Crippen LogP contribution in [0, 0.1) is 23.2 Å². The lowest BCUT2D eigenvalue weighted by Crippen LogP contribution is -2.64. The SMILES string of the molecule is Cc1c(-c2ccc(-c3cc4cccc(C(=O)Nc5nc6ccccc6s5)c4[nH]3)nc2C(=O)O)cnn1CC12CC3(C)CC(C)(C1)CC(OCCCNC(=O)OCc1ccc(O[C@@H]4O[C@H](C(=O)O)[C@@H](O)[C@H](O)[C@H]4O)c(NC(=O)CCNC(=O)CCN4C(=O)C=CC4=O)c1)(C3)C2. The largest absolute Gasteiger partial charge is 0.479 e. The number of carboxylic acids is 2. The molecule has 492 valence electrons. The number of nitrogens with zero attached hydrogens (tertiary/aromatic N) is 5. The Morgan fingerprint density at radius 3 is 2.30 bits per heavy atom. The maximum atomic E-state index is 13.6. The lowest BCUT2D eigenvalue weighted by molar-refractivity contribution is -0.271. The number of aromatic amines is 1. The van der Waals surface area contributed by atoms with Gasteiger partial charge in [0.15, 0.2) is 16.9 Å². The summed E-state index contributed by atoms with van der Waals surface area (Å²) in [7, 11) is 0. The topological polar surface area (TPSA) is 385 Å². The molecule has 10 N–H and O–H groups in total. The van der Waals surface area contributed by atoms with Crippen molar-refractivity contribution in [3.05, 3.63) is 120 Å². The highest BCUT2D eigenvalue weighted by atomic mass is 32.1. The van der Waals surface area contributed by atoms with Gasteiger partial charge in [0.05, 0.1) is 50.2 Å². The van der Waals surface area contributed by atoms with Crippen molar-refractivity contribution in [1.82, 2.24) is 40.3 Å². The van der Waals surface area contributed by atoms with Gasteiger partial charge in [-0.1, -0.05) is 55.5 Å². The number of fused-ring (bicyclic) bond motifs is 2. The van der Waals surface area contributed by atoms with Crippen LogP contribution < -0.4 is 26.0 Å². The molecule has 27 nitrogen and oxygen atoms in total. The molecule has 2 unspecified atom stereocenters. The number of thiazole rings is 1. The summed E-state index contributed by atoms with van der Waals surface area (Å²) in [5, 5.41) is 68.5. The van der Waals surface area contributed by atoms with Crippen molar-refractivity contribution < 1.29 is 82.8 Å². The number of aromatic nitrogens is 5. The lowest BCUT2D eigenvalue weighted by atomic mass is 9.39. The number of aromatic carboxylic acids is 1. The van der Waals surface area contributed by atoms with E-state index in [4.69, 9.17) is 24.0 Å². The minimum atomic E-state index is -2.00. The number of rotatable bonds is 24. The van der Waals surface area contributed by atoms with Gasteiger partial charge in [-0.15, -0.1) is 0 Å². The Bertz CT molecular complexity index is 4150. The second-order valence-electron chi connectivity index (χ2n) is 25.9. The highest BCUT2D eigenvalue weighted by Crippen LogP contribution is 2.72. The number of aliphatic hydroxyl groups is 3. The average Bonchev–Trinajstić information content (AvgIpc) is 0.773. The summed E-state index contributed by atoms with van der Waals surface area (Å²) in [6.07, 6.45) is -1.08. The number of nitrogens with one attached hydrogen (secondary N) is 5. The number of carbonyl (C=O) groups is 8. The van der Waals surface area contributed by atoms with E-state index in [1.54, 1.807) is 30.5 Å². The van der Waals surface area contributed by atoms with Crippen molar-refractivity contribution in [3.63, 3.8) is 0 Å². The van der Waals surface area contributed by atoms with E-state index in [-0.39, 0.29) is 78.4 Å². The smallest absolute Gasteiger partial charge is 0.407 e. The highest BCUT2D eigenvalue weighted by Gasteiger charge is 2.66. The van der Waals surface area contributed by atoms with E-state index in [9.17, 15) is 63.9 Å². The first-order chi connectivity index (χ1) is 44.9. The number of H-pyrrole nitrogens is 1. The Hall–Kier alpha value is -9.45. The zero-order valence-corrected chi connectivity index (χ0v) is 52.3. The molecule has 13 rings (SSSR count). The molecule has 4 saturated carbocycles. The van der Waals surface area contributed by atoms with E-state index in [0.717, 1.165) is 76.9 Å². The van der Waals surface area contributed by atoms with Gasteiger partial charge in [0.1, 0.15) is 30.7 Å². The summed E-state index contributed by atoms with van der Waals surface area (Å²) < 4.78 is 26.5. The van der Waals surface area contributed by atoms with E-state index < -0.39 is 78.0 Å². The van der Waals surface area contributed by atoms with Crippen LogP contribution in [0.5, 0.6) is 5.75 Å². The van der Waals surface area contributed by atoms with Crippen LogP contribution in [0.2, 0.25) is 0 Å². The molecule has 5 fully saturated rings. The maximum absolute atomic E-state index is 13.6. The minimum Gasteiger partial charge on any atom is -0.479 e. The summed E-state index contributed by atoms with van der Waals surface area (Å²) in [5.74, 6) is -5.64. The fourth-order valence-electron chi connectivity index (χ4n) is 15.3. The molecular weight excluding hydrogens is 1240 g/mol. The third kappa shape index (κ3) is 13.5. The summed E-state index contributed by atoms with van der Waals surface area (Å²) in [5.41, 5.74) is 4.04. The molecule has 1 saturated heterocycles. The number of alkyl carbamates (subject to hydrolysis) is 1. The predicted octanol–water partition coefficient (Wildman–Crippen LogP) is 6.45. The number of carboxylic acid groups (broad SMARTS) is 2. The first-order valence-electron chi connectivity index (χ1n) is 30.8. The molecule has 7 atom stereocenters. The summed E-state index contributed by atoms with van der Waals surface area (Å²) >= 11 is 1.38.